The number of hydrogen-bond acceptors (Lipinski definition) is 3. The minimum Gasteiger partial charge on any atom is -0.338 e. The van der Waals surface area contributed by atoms with E-state index in [9.17, 15) is 13.2 Å². The third-order valence-electron chi connectivity index (χ3n) is 3.57. The van der Waals surface area contributed by atoms with Gasteiger partial charge < -0.3 is 4.90 Å². The fourth-order valence-electron chi connectivity index (χ4n) is 1.89. The maximum atomic E-state index is 12.5. The Kier molecular flexibility index (Phi) is 5.04. The monoisotopic (exact) mass is 312 g/mol. The van der Waals surface area contributed by atoms with Crippen LogP contribution in [0.3, 0.4) is 0 Å². The molecule has 0 fully saturated rings. The molecule has 1 atom stereocenters. The molecule has 0 aromatic heterocycles. The van der Waals surface area contributed by atoms with Crippen LogP contribution in [0.2, 0.25) is 0 Å². The minimum absolute atomic E-state index is 0.0347. The van der Waals surface area contributed by atoms with Crippen LogP contribution in [0, 0.1) is 5.41 Å². The molecule has 21 heavy (non-hydrogen) atoms. The first-order valence-corrected chi connectivity index (χ1v) is 8.66. The lowest BCUT2D eigenvalue weighted by atomic mass is 9.87. The number of carbonyl (C=O) groups excluding carboxylic acids is 1. The van der Waals surface area contributed by atoms with Gasteiger partial charge in [-0.1, -0.05) is 26.8 Å². The number of rotatable bonds is 4. The van der Waals surface area contributed by atoms with Crippen LogP contribution in [0.5, 0.6) is 0 Å². The number of benzene rings is 1. The number of hydrogen-bond donors (Lipinski definition) is 1. The average molecular weight is 312 g/mol. The molecule has 0 saturated carbocycles. The van der Waals surface area contributed by atoms with Gasteiger partial charge in [-0.25, -0.2) is 8.42 Å². The largest absolute Gasteiger partial charge is 0.338 e. The van der Waals surface area contributed by atoms with Gasteiger partial charge in [-0.3, -0.25) is 9.52 Å². The summed E-state index contributed by atoms with van der Waals surface area (Å²) in [6.07, 6.45) is 1.08. The van der Waals surface area contributed by atoms with Crippen LogP contribution in [0.25, 0.3) is 0 Å². The zero-order valence-electron chi connectivity index (χ0n) is 13.5. The van der Waals surface area contributed by atoms with Crippen LogP contribution in [0.1, 0.15) is 38.1 Å². The van der Waals surface area contributed by atoms with E-state index in [0.29, 0.717) is 11.3 Å². The van der Waals surface area contributed by atoms with Crippen LogP contribution >= 0.6 is 0 Å². The van der Waals surface area contributed by atoms with Crippen molar-refractivity contribution in [3.05, 3.63) is 29.8 Å². The van der Waals surface area contributed by atoms with Crippen molar-refractivity contribution >= 4 is 21.6 Å². The number of amides is 1. The molecule has 6 heteroatoms. The zero-order chi connectivity index (χ0) is 16.4. The minimum atomic E-state index is -3.35. The summed E-state index contributed by atoms with van der Waals surface area (Å²) in [4.78, 5) is 14.2. The highest BCUT2D eigenvalue weighted by molar-refractivity contribution is 7.92. The summed E-state index contributed by atoms with van der Waals surface area (Å²) in [7, 11) is -1.60. The molecule has 0 radical (unpaired) electrons. The van der Waals surface area contributed by atoms with Crippen LogP contribution in [0.15, 0.2) is 24.3 Å². The van der Waals surface area contributed by atoms with Crippen molar-refractivity contribution in [1.29, 1.82) is 0 Å². The van der Waals surface area contributed by atoms with Gasteiger partial charge in [0.1, 0.15) is 0 Å². The quantitative estimate of drug-likeness (QED) is 0.929. The van der Waals surface area contributed by atoms with E-state index in [2.05, 4.69) is 25.5 Å². The third kappa shape index (κ3) is 5.04. The molecule has 118 valence electrons. The highest BCUT2D eigenvalue weighted by atomic mass is 32.2. The van der Waals surface area contributed by atoms with Crippen molar-refractivity contribution < 1.29 is 13.2 Å². The second-order valence-electron chi connectivity index (χ2n) is 6.41. The van der Waals surface area contributed by atoms with E-state index in [1.807, 2.05) is 6.92 Å². The normalized spacial score (nSPS) is 13.6. The Balaban J connectivity index is 3.01. The summed E-state index contributed by atoms with van der Waals surface area (Å²) >= 11 is 0. The molecular weight excluding hydrogens is 288 g/mol. The van der Waals surface area contributed by atoms with Gasteiger partial charge in [0, 0.05) is 24.3 Å². The Labute approximate surface area is 127 Å². The van der Waals surface area contributed by atoms with E-state index < -0.39 is 10.0 Å². The molecule has 1 aromatic carbocycles. The molecule has 0 aliphatic carbocycles. The van der Waals surface area contributed by atoms with Crippen molar-refractivity contribution in [1.82, 2.24) is 4.90 Å². The molecule has 0 heterocycles. The predicted octanol–water partition coefficient (Wildman–Crippen LogP) is 2.56. The Morgan fingerprint density at radius 1 is 1.29 bits per heavy atom. The molecule has 1 N–H and O–H groups in total. The Bertz CT molecular complexity index is 618. The molecule has 1 aromatic rings. The summed E-state index contributed by atoms with van der Waals surface area (Å²) in [6.45, 7) is 8.21. The van der Waals surface area contributed by atoms with Gasteiger partial charge in [0.2, 0.25) is 10.0 Å². The lowest BCUT2D eigenvalue weighted by Crippen LogP contribution is -2.42. The second kappa shape index (κ2) is 6.05. The Morgan fingerprint density at radius 2 is 1.86 bits per heavy atom. The summed E-state index contributed by atoms with van der Waals surface area (Å²) in [6, 6.07) is 6.56. The van der Waals surface area contributed by atoms with Gasteiger partial charge in [0.25, 0.3) is 5.91 Å². The van der Waals surface area contributed by atoms with E-state index in [0.717, 1.165) is 6.26 Å². The number of nitrogens with zero attached hydrogens (tertiary/aromatic N) is 1. The first-order chi connectivity index (χ1) is 9.42. The summed E-state index contributed by atoms with van der Waals surface area (Å²) in [5.41, 5.74) is 0.815. The van der Waals surface area contributed by atoms with Gasteiger partial charge in [-0.05, 0) is 30.5 Å². The number of carbonyl (C=O) groups is 1. The van der Waals surface area contributed by atoms with E-state index >= 15 is 0 Å². The summed E-state index contributed by atoms with van der Waals surface area (Å²) in [5, 5.41) is 0. The van der Waals surface area contributed by atoms with Crippen molar-refractivity contribution in [2.45, 2.75) is 33.7 Å². The van der Waals surface area contributed by atoms with E-state index in [-0.39, 0.29) is 17.4 Å². The third-order valence-corrected chi connectivity index (χ3v) is 4.17. The predicted molar refractivity (Wildman–Crippen MR) is 85.9 cm³/mol. The fraction of sp³-hybridized carbons (Fsp3) is 0.533. The molecule has 0 aliphatic heterocycles. The van der Waals surface area contributed by atoms with Gasteiger partial charge in [-0.2, -0.15) is 0 Å². The number of nitrogens with one attached hydrogen (secondary N) is 1. The Morgan fingerprint density at radius 3 is 2.33 bits per heavy atom. The van der Waals surface area contributed by atoms with Gasteiger partial charge in [-0.15, -0.1) is 0 Å². The van der Waals surface area contributed by atoms with Gasteiger partial charge in [0.15, 0.2) is 0 Å². The molecular formula is C15H24N2O3S. The molecule has 1 rings (SSSR count). The molecule has 0 spiro atoms. The molecule has 0 aliphatic rings. The lowest BCUT2D eigenvalue weighted by Gasteiger charge is -2.35. The highest BCUT2D eigenvalue weighted by Gasteiger charge is 2.27. The number of sulfonamides is 1. The standard InChI is InChI=1S/C15H24N2O3S/c1-11(15(2,3)4)17(5)14(18)12-8-7-9-13(10-12)16-21(6,19)20/h7-11,16H,1-6H3/t11-/m0/s1. The first kappa shape index (κ1) is 17.5. The average Bonchev–Trinajstić information content (AvgIpc) is 2.33. The smallest absolute Gasteiger partial charge is 0.253 e. The molecule has 5 nitrogen and oxygen atoms in total. The lowest BCUT2D eigenvalue weighted by molar-refractivity contribution is 0.0629. The topological polar surface area (TPSA) is 66.5 Å². The maximum Gasteiger partial charge on any atom is 0.253 e. The first-order valence-electron chi connectivity index (χ1n) is 6.77. The van der Waals surface area contributed by atoms with Crippen molar-refractivity contribution in [3.63, 3.8) is 0 Å². The SMILES string of the molecule is C[C@H](N(C)C(=O)c1cccc(NS(C)(=O)=O)c1)C(C)(C)C. The van der Waals surface area contributed by atoms with Crippen molar-refractivity contribution in [2.24, 2.45) is 5.41 Å². The maximum absolute atomic E-state index is 12.5. The molecule has 0 bridgehead atoms. The van der Waals surface area contributed by atoms with Gasteiger partial charge >= 0.3 is 0 Å². The molecule has 0 saturated heterocycles. The summed E-state index contributed by atoms with van der Waals surface area (Å²) in [5.74, 6) is -0.130. The van der Waals surface area contributed by atoms with Crippen LogP contribution < -0.4 is 4.72 Å². The van der Waals surface area contributed by atoms with E-state index in [1.54, 1.807) is 36.2 Å². The zero-order valence-corrected chi connectivity index (χ0v) is 14.3. The van der Waals surface area contributed by atoms with Crippen LogP contribution in [-0.4, -0.2) is 38.6 Å². The van der Waals surface area contributed by atoms with Crippen LogP contribution in [0.4, 0.5) is 5.69 Å². The van der Waals surface area contributed by atoms with Gasteiger partial charge in [0.05, 0.1) is 6.26 Å². The molecule has 0 unspecified atom stereocenters. The number of anilines is 1. The van der Waals surface area contributed by atoms with E-state index in [1.165, 1.54) is 0 Å². The van der Waals surface area contributed by atoms with E-state index in [4.69, 9.17) is 0 Å². The Hall–Kier alpha value is -1.56. The second-order valence-corrected chi connectivity index (χ2v) is 8.16. The van der Waals surface area contributed by atoms with Crippen molar-refractivity contribution in [2.75, 3.05) is 18.0 Å². The van der Waals surface area contributed by atoms with Crippen molar-refractivity contribution in [3.8, 4) is 0 Å². The van der Waals surface area contributed by atoms with Crippen LogP contribution in [-0.2, 0) is 10.0 Å². The highest BCUT2D eigenvalue weighted by Crippen LogP contribution is 2.24. The molecule has 1 amide bonds. The fourth-order valence-corrected chi connectivity index (χ4v) is 2.45. The summed E-state index contributed by atoms with van der Waals surface area (Å²) < 4.78 is 24.9.